The zero-order chi connectivity index (χ0) is 13.2. The molecule has 2 aromatic rings. The minimum absolute atomic E-state index is 0.204. The van der Waals surface area contributed by atoms with Gasteiger partial charge in [0.2, 0.25) is 6.79 Å². The lowest BCUT2D eigenvalue weighted by Gasteiger charge is -1.97. The van der Waals surface area contributed by atoms with E-state index in [9.17, 15) is 0 Å². The van der Waals surface area contributed by atoms with Crippen LogP contribution in [0.2, 0.25) is 10.3 Å². The molecule has 19 heavy (non-hydrogen) atoms. The molecule has 0 saturated carbocycles. The predicted octanol–water partition coefficient (Wildman–Crippen LogP) is 3.26. The monoisotopic (exact) mass is 295 g/mol. The Kier molecular flexibility index (Phi) is 3.23. The molecule has 0 atom stereocenters. The third kappa shape index (κ3) is 2.77. The molecule has 0 radical (unpaired) electrons. The number of ether oxygens (including phenoxy) is 2. The van der Waals surface area contributed by atoms with E-state index in [0.717, 1.165) is 11.3 Å². The van der Waals surface area contributed by atoms with Crippen LogP contribution in [0.5, 0.6) is 11.5 Å². The number of halogens is 2. The molecule has 0 N–H and O–H groups in total. The molecule has 0 aliphatic carbocycles. The van der Waals surface area contributed by atoms with Gasteiger partial charge in [0.05, 0.1) is 0 Å². The van der Waals surface area contributed by atoms with E-state index >= 15 is 0 Å². The maximum absolute atomic E-state index is 5.76. The van der Waals surface area contributed by atoms with Gasteiger partial charge < -0.3 is 9.47 Å². The van der Waals surface area contributed by atoms with Crippen LogP contribution in [0.1, 0.15) is 5.56 Å². The molecule has 1 aromatic heterocycles. The van der Waals surface area contributed by atoms with Crippen molar-refractivity contribution in [1.82, 2.24) is 9.97 Å². The Morgan fingerprint density at radius 1 is 1.05 bits per heavy atom. The maximum atomic E-state index is 5.76. The lowest BCUT2D eigenvalue weighted by Crippen LogP contribution is -1.92. The predicted molar refractivity (Wildman–Crippen MR) is 71.9 cm³/mol. The van der Waals surface area contributed by atoms with Crippen LogP contribution in [0.4, 0.5) is 5.95 Å². The van der Waals surface area contributed by atoms with Crippen LogP contribution in [0.15, 0.2) is 29.3 Å². The van der Waals surface area contributed by atoms with Crippen molar-refractivity contribution in [1.29, 1.82) is 0 Å². The first-order chi connectivity index (χ1) is 9.20. The van der Waals surface area contributed by atoms with Gasteiger partial charge in [0.15, 0.2) is 11.5 Å². The highest BCUT2D eigenvalue weighted by Gasteiger charge is 2.12. The second kappa shape index (κ2) is 5.03. The number of aromatic nitrogens is 2. The van der Waals surface area contributed by atoms with Crippen molar-refractivity contribution in [2.24, 2.45) is 4.99 Å². The van der Waals surface area contributed by atoms with E-state index in [1.165, 1.54) is 6.07 Å². The summed E-state index contributed by atoms with van der Waals surface area (Å²) in [7, 11) is 0. The minimum Gasteiger partial charge on any atom is -0.454 e. The van der Waals surface area contributed by atoms with Crippen LogP contribution in [-0.4, -0.2) is 23.0 Å². The van der Waals surface area contributed by atoms with Gasteiger partial charge >= 0.3 is 0 Å². The fourth-order valence-corrected chi connectivity index (χ4v) is 1.98. The number of hydrogen-bond acceptors (Lipinski definition) is 5. The van der Waals surface area contributed by atoms with Crippen molar-refractivity contribution >= 4 is 35.4 Å². The van der Waals surface area contributed by atoms with Crippen molar-refractivity contribution in [3.05, 3.63) is 40.1 Å². The third-order valence-corrected chi connectivity index (χ3v) is 2.76. The fourth-order valence-electron chi connectivity index (χ4n) is 1.56. The standard InChI is InChI=1S/C12H7Cl2N3O2/c13-10-4-11(14)17-12(16-10)15-5-7-1-2-8-9(3-7)19-6-18-8/h1-5H,6H2/b15-5+. The molecule has 1 aliphatic heterocycles. The second-order valence-electron chi connectivity index (χ2n) is 3.68. The van der Waals surface area contributed by atoms with E-state index < -0.39 is 0 Å². The van der Waals surface area contributed by atoms with Crippen molar-refractivity contribution in [3.63, 3.8) is 0 Å². The van der Waals surface area contributed by atoms with Gasteiger partial charge in [-0.3, -0.25) is 0 Å². The summed E-state index contributed by atoms with van der Waals surface area (Å²) in [5, 5.41) is 0.496. The van der Waals surface area contributed by atoms with Gasteiger partial charge in [-0.05, 0) is 23.8 Å². The first-order valence-corrected chi connectivity index (χ1v) is 6.10. The molecule has 0 spiro atoms. The Morgan fingerprint density at radius 3 is 2.58 bits per heavy atom. The highest BCUT2D eigenvalue weighted by atomic mass is 35.5. The first kappa shape index (κ1) is 12.2. The van der Waals surface area contributed by atoms with Crippen molar-refractivity contribution in [2.45, 2.75) is 0 Å². The zero-order valence-electron chi connectivity index (χ0n) is 9.51. The van der Waals surface area contributed by atoms with Crippen LogP contribution in [0, 0.1) is 0 Å². The molecule has 0 unspecified atom stereocenters. The minimum atomic E-state index is 0.204. The molecule has 0 bridgehead atoms. The van der Waals surface area contributed by atoms with E-state index in [1.807, 2.05) is 18.2 Å². The molecule has 2 heterocycles. The molecular formula is C12H7Cl2N3O2. The molecule has 3 rings (SSSR count). The topological polar surface area (TPSA) is 56.6 Å². The lowest BCUT2D eigenvalue weighted by molar-refractivity contribution is 0.174. The van der Waals surface area contributed by atoms with E-state index in [0.29, 0.717) is 5.75 Å². The Labute approximate surface area is 118 Å². The number of nitrogens with zero attached hydrogens (tertiary/aromatic N) is 3. The average Bonchev–Trinajstić information content (AvgIpc) is 2.82. The zero-order valence-corrected chi connectivity index (χ0v) is 11.0. The Balaban J connectivity index is 1.86. The Morgan fingerprint density at radius 2 is 1.79 bits per heavy atom. The van der Waals surface area contributed by atoms with Crippen molar-refractivity contribution in [3.8, 4) is 11.5 Å². The summed E-state index contributed by atoms with van der Waals surface area (Å²) < 4.78 is 10.5. The first-order valence-electron chi connectivity index (χ1n) is 5.34. The summed E-state index contributed by atoms with van der Waals surface area (Å²) in [6.07, 6.45) is 1.60. The number of aliphatic imine (C=N–C) groups is 1. The van der Waals surface area contributed by atoms with Crippen molar-refractivity contribution in [2.75, 3.05) is 6.79 Å². The summed E-state index contributed by atoms with van der Waals surface area (Å²) in [5.41, 5.74) is 0.837. The lowest BCUT2D eigenvalue weighted by atomic mass is 10.2. The summed E-state index contributed by atoms with van der Waals surface area (Å²) in [6.45, 7) is 0.239. The molecule has 96 valence electrons. The molecule has 5 nitrogen and oxygen atoms in total. The molecule has 1 aliphatic rings. The summed E-state index contributed by atoms with van der Waals surface area (Å²) in [4.78, 5) is 12.0. The van der Waals surface area contributed by atoms with Crippen molar-refractivity contribution < 1.29 is 9.47 Å². The van der Waals surface area contributed by atoms with Crippen LogP contribution in [-0.2, 0) is 0 Å². The molecule has 1 aromatic carbocycles. The number of hydrogen-bond donors (Lipinski definition) is 0. The summed E-state index contributed by atoms with van der Waals surface area (Å²) in [5.74, 6) is 1.61. The molecular weight excluding hydrogens is 289 g/mol. The van der Waals surface area contributed by atoms with E-state index in [-0.39, 0.29) is 23.0 Å². The van der Waals surface area contributed by atoms with E-state index in [2.05, 4.69) is 15.0 Å². The van der Waals surface area contributed by atoms with Crippen LogP contribution < -0.4 is 9.47 Å². The third-order valence-electron chi connectivity index (χ3n) is 2.38. The summed E-state index contributed by atoms with van der Waals surface area (Å²) in [6, 6.07) is 6.93. The second-order valence-corrected chi connectivity index (χ2v) is 4.46. The smallest absolute Gasteiger partial charge is 0.252 e. The van der Waals surface area contributed by atoms with Crippen LogP contribution in [0.25, 0.3) is 0 Å². The highest BCUT2D eigenvalue weighted by molar-refractivity contribution is 6.33. The van der Waals surface area contributed by atoms with E-state index in [1.54, 1.807) is 6.21 Å². The van der Waals surface area contributed by atoms with Crippen LogP contribution in [0.3, 0.4) is 0 Å². The molecule has 0 fully saturated rings. The van der Waals surface area contributed by atoms with E-state index in [4.69, 9.17) is 32.7 Å². The molecule has 0 amide bonds. The number of benzene rings is 1. The molecule has 7 heteroatoms. The Bertz CT molecular complexity index is 641. The largest absolute Gasteiger partial charge is 0.454 e. The Hall–Kier alpha value is -1.85. The number of fused-ring (bicyclic) bond motifs is 1. The highest BCUT2D eigenvalue weighted by Crippen LogP contribution is 2.32. The average molecular weight is 296 g/mol. The van der Waals surface area contributed by atoms with Gasteiger partial charge in [-0.1, -0.05) is 23.2 Å². The van der Waals surface area contributed by atoms with Gasteiger partial charge in [-0.25, -0.2) is 4.99 Å². The SMILES string of the molecule is Clc1cc(Cl)nc(/N=C/c2ccc3c(c2)OCO3)n1. The van der Waals surface area contributed by atoms with Gasteiger partial charge in [-0.15, -0.1) is 0 Å². The summed E-state index contributed by atoms with van der Waals surface area (Å²) >= 11 is 11.5. The van der Waals surface area contributed by atoms with Gasteiger partial charge in [0, 0.05) is 12.3 Å². The maximum Gasteiger partial charge on any atom is 0.252 e. The quantitative estimate of drug-likeness (QED) is 0.630. The van der Waals surface area contributed by atoms with Gasteiger partial charge in [-0.2, -0.15) is 9.97 Å². The van der Waals surface area contributed by atoms with Gasteiger partial charge in [0.25, 0.3) is 5.95 Å². The molecule has 0 saturated heterocycles. The van der Waals surface area contributed by atoms with Crippen LogP contribution >= 0.6 is 23.2 Å². The fraction of sp³-hybridized carbons (Fsp3) is 0.0833. The number of rotatable bonds is 2. The normalized spacial score (nSPS) is 13.2. The van der Waals surface area contributed by atoms with Gasteiger partial charge in [0.1, 0.15) is 10.3 Å².